The Morgan fingerprint density at radius 1 is 1.28 bits per heavy atom. The van der Waals surface area contributed by atoms with Crippen molar-refractivity contribution in [1.29, 1.82) is 0 Å². The van der Waals surface area contributed by atoms with Gasteiger partial charge in [-0.2, -0.15) is 13.2 Å². The fourth-order valence-electron chi connectivity index (χ4n) is 3.91. The maximum Gasteiger partial charge on any atom is 0.415 e. The summed E-state index contributed by atoms with van der Waals surface area (Å²) in [7, 11) is 4.16. The Morgan fingerprint density at radius 2 is 2.00 bits per heavy atom. The monoisotopic (exact) mass is 429 g/mol. The van der Waals surface area contributed by atoms with E-state index in [1.165, 1.54) is 6.42 Å². The summed E-state index contributed by atoms with van der Waals surface area (Å²) < 4.78 is 44.1. The highest BCUT2D eigenvalue weighted by molar-refractivity contribution is 6.29. The number of pyridine rings is 1. The smallest absolute Gasteiger partial charge is 0.370 e. The molecule has 4 nitrogen and oxygen atoms in total. The maximum atomic E-state index is 13.1. The standard InChI is InChI=1S/C21H27ClF3N3O/c1-27(2)9-5-15-6-10-28(11-7-15)18-13-19(22)26-14-17(18)4-3-16-8-12-29-20(16)21(23,24)25/h13-16,20H,5-12H2,1-2H3/t16?,20-/m1/s1. The number of piperidine rings is 1. The minimum Gasteiger partial charge on any atom is -0.370 e. The van der Waals surface area contributed by atoms with Crippen molar-refractivity contribution in [2.75, 3.05) is 45.2 Å². The van der Waals surface area contributed by atoms with Crippen LogP contribution in [0.2, 0.25) is 5.15 Å². The van der Waals surface area contributed by atoms with Gasteiger partial charge in [-0.1, -0.05) is 23.4 Å². The first-order valence-electron chi connectivity index (χ1n) is 9.99. The molecule has 1 aromatic heterocycles. The molecule has 1 unspecified atom stereocenters. The van der Waals surface area contributed by atoms with Crippen molar-refractivity contribution < 1.29 is 17.9 Å². The molecule has 160 valence electrons. The third kappa shape index (κ3) is 6.00. The van der Waals surface area contributed by atoms with E-state index < -0.39 is 18.2 Å². The second-order valence-corrected chi connectivity index (χ2v) is 8.43. The van der Waals surface area contributed by atoms with Crippen LogP contribution in [0.3, 0.4) is 0 Å². The molecule has 3 heterocycles. The van der Waals surface area contributed by atoms with Crippen molar-refractivity contribution in [2.45, 2.75) is 38.0 Å². The Bertz CT molecular complexity index is 752. The Morgan fingerprint density at radius 3 is 2.66 bits per heavy atom. The van der Waals surface area contributed by atoms with Gasteiger partial charge in [0.15, 0.2) is 6.10 Å². The fraction of sp³-hybridized carbons (Fsp3) is 0.667. The number of anilines is 1. The normalized spacial score (nSPS) is 23.3. The molecule has 0 spiro atoms. The van der Waals surface area contributed by atoms with E-state index in [9.17, 15) is 13.2 Å². The molecule has 0 N–H and O–H groups in total. The van der Waals surface area contributed by atoms with E-state index in [0.29, 0.717) is 16.6 Å². The van der Waals surface area contributed by atoms with E-state index in [1.54, 1.807) is 12.3 Å². The average Bonchev–Trinajstić information content (AvgIpc) is 3.15. The van der Waals surface area contributed by atoms with Crippen molar-refractivity contribution in [3.63, 3.8) is 0 Å². The van der Waals surface area contributed by atoms with Crippen molar-refractivity contribution >= 4 is 17.3 Å². The summed E-state index contributed by atoms with van der Waals surface area (Å²) in [5.74, 6) is 5.55. The molecule has 2 aliphatic heterocycles. The first-order chi connectivity index (χ1) is 13.7. The van der Waals surface area contributed by atoms with Crippen LogP contribution in [0.15, 0.2) is 12.3 Å². The van der Waals surface area contributed by atoms with E-state index in [1.807, 2.05) is 0 Å². The van der Waals surface area contributed by atoms with Crippen LogP contribution in [-0.4, -0.2) is 62.5 Å². The van der Waals surface area contributed by atoms with E-state index >= 15 is 0 Å². The van der Waals surface area contributed by atoms with Crippen LogP contribution in [0.4, 0.5) is 18.9 Å². The average molecular weight is 430 g/mol. The van der Waals surface area contributed by atoms with Gasteiger partial charge in [0.2, 0.25) is 0 Å². The molecule has 29 heavy (non-hydrogen) atoms. The highest BCUT2D eigenvalue weighted by Crippen LogP contribution is 2.34. The Balaban J connectivity index is 1.72. The van der Waals surface area contributed by atoms with Gasteiger partial charge in [0.1, 0.15) is 5.15 Å². The van der Waals surface area contributed by atoms with Crippen molar-refractivity contribution in [3.8, 4) is 11.8 Å². The number of rotatable bonds is 4. The quantitative estimate of drug-likeness (QED) is 0.529. The van der Waals surface area contributed by atoms with Crippen LogP contribution in [0.1, 0.15) is 31.2 Å². The van der Waals surface area contributed by atoms with Gasteiger partial charge < -0.3 is 14.5 Å². The number of halogens is 4. The molecule has 8 heteroatoms. The van der Waals surface area contributed by atoms with Crippen molar-refractivity contribution in [2.24, 2.45) is 11.8 Å². The summed E-state index contributed by atoms with van der Waals surface area (Å²) in [5, 5.41) is 0.359. The predicted octanol–water partition coefficient (Wildman–Crippen LogP) is 4.22. The van der Waals surface area contributed by atoms with Crippen molar-refractivity contribution in [3.05, 3.63) is 23.0 Å². The van der Waals surface area contributed by atoms with Crippen LogP contribution in [0.5, 0.6) is 0 Å². The third-order valence-corrected chi connectivity index (χ3v) is 5.80. The van der Waals surface area contributed by atoms with Crippen LogP contribution in [0.25, 0.3) is 0 Å². The van der Waals surface area contributed by atoms with Crippen LogP contribution in [-0.2, 0) is 4.74 Å². The highest BCUT2D eigenvalue weighted by atomic mass is 35.5. The first kappa shape index (κ1) is 22.2. The molecular formula is C21H27ClF3N3O. The SMILES string of the molecule is CN(C)CCC1CCN(c2cc(Cl)ncc2C#CC2CCO[C@H]2C(F)(F)F)CC1. The second kappa shape index (κ2) is 9.55. The summed E-state index contributed by atoms with van der Waals surface area (Å²) in [6, 6.07) is 1.76. The van der Waals surface area contributed by atoms with Crippen LogP contribution < -0.4 is 4.90 Å². The summed E-state index contributed by atoms with van der Waals surface area (Å²) in [6.07, 6.45) is -1.05. The first-order valence-corrected chi connectivity index (χ1v) is 10.4. The van der Waals surface area contributed by atoms with Gasteiger partial charge in [-0.05, 0) is 52.2 Å². The van der Waals surface area contributed by atoms with E-state index in [2.05, 4.69) is 40.7 Å². The van der Waals surface area contributed by atoms with Gasteiger partial charge in [-0.15, -0.1) is 0 Å². The molecule has 2 saturated heterocycles. The van der Waals surface area contributed by atoms with E-state index in [-0.39, 0.29) is 13.0 Å². The summed E-state index contributed by atoms with van der Waals surface area (Å²) in [6.45, 7) is 2.91. The molecular weight excluding hydrogens is 403 g/mol. The number of hydrogen-bond donors (Lipinski definition) is 0. The lowest BCUT2D eigenvalue weighted by Crippen LogP contribution is -2.35. The molecule has 0 aliphatic carbocycles. The zero-order chi connectivity index (χ0) is 21.0. The molecule has 0 radical (unpaired) electrons. The molecule has 0 amide bonds. The second-order valence-electron chi connectivity index (χ2n) is 8.04. The maximum absolute atomic E-state index is 13.1. The minimum absolute atomic E-state index is 0.0791. The van der Waals surface area contributed by atoms with Gasteiger partial charge in [0, 0.05) is 32.0 Å². The number of aromatic nitrogens is 1. The minimum atomic E-state index is -4.40. The summed E-state index contributed by atoms with van der Waals surface area (Å²) in [5.41, 5.74) is 1.47. The number of nitrogens with zero attached hydrogens (tertiary/aromatic N) is 3. The van der Waals surface area contributed by atoms with Crippen LogP contribution in [0, 0.1) is 23.7 Å². The lowest BCUT2D eigenvalue weighted by Gasteiger charge is -2.34. The molecule has 2 atom stereocenters. The third-order valence-electron chi connectivity index (χ3n) is 5.60. The van der Waals surface area contributed by atoms with Gasteiger partial charge in [0.05, 0.1) is 17.2 Å². The lowest BCUT2D eigenvalue weighted by atomic mass is 9.93. The van der Waals surface area contributed by atoms with E-state index in [4.69, 9.17) is 16.3 Å². The summed E-state index contributed by atoms with van der Waals surface area (Å²) >= 11 is 6.10. The molecule has 2 aliphatic rings. The molecule has 3 rings (SSSR count). The number of ether oxygens (including phenoxy) is 1. The van der Waals surface area contributed by atoms with Gasteiger partial charge in [-0.25, -0.2) is 4.98 Å². The van der Waals surface area contributed by atoms with Crippen LogP contribution >= 0.6 is 11.6 Å². The highest BCUT2D eigenvalue weighted by Gasteiger charge is 2.48. The van der Waals surface area contributed by atoms with Gasteiger partial charge in [0.25, 0.3) is 0 Å². The number of alkyl halides is 3. The predicted molar refractivity (Wildman–Crippen MR) is 108 cm³/mol. The lowest BCUT2D eigenvalue weighted by molar-refractivity contribution is -0.212. The number of hydrogen-bond acceptors (Lipinski definition) is 4. The van der Waals surface area contributed by atoms with Crippen molar-refractivity contribution in [1.82, 2.24) is 9.88 Å². The molecule has 0 saturated carbocycles. The Hall–Kier alpha value is -1.49. The summed E-state index contributed by atoms with van der Waals surface area (Å²) in [4.78, 5) is 8.51. The van der Waals surface area contributed by atoms with Gasteiger partial charge in [-0.3, -0.25) is 0 Å². The Labute approximate surface area is 175 Å². The zero-order valence-corrected chi connectivity index (χ0v) is 17.6. The largest absolute Gasteiger partial charge is 0.415 e. The van der Waals surface area contributed by atoms with E-state index in [0.717, 1.165) is 38.2 Å². The Kier molecular flexibility index (Phi) is 7.31. The zero-order valence-electron chi connectivity index (χ0n) is 16.8. The molecule has 1 aromatic rings. The van der Waals surface area contributed by atoms with Gasteiger partial charge >= 0.3 is 6.18 Å². The molecule has 0 aromatic carbocycles. The fourth-order valence-corrected chi connectivity index (χ4v) is 4.06. The molecule has 0 bridgehead atoms. The molecule has 2 fully saturated rings. The topological polar surface area (TPSA) is 28.6 Å².